The lowest BCUT2D eigenvalue weighted by atomic mass is 10.2. The molecule has 124 valence electrons. The van der Waals surface area contributed by atoms with E-state index in [4.69, 9.17) is 9.73 Å². The van der Waals surface area contributed by atoms with Gasteiger partial charge in [0.1, 0.15) is 0 Å². The van der Waals surface area contributed by atoms with E-state index in [1.54, 1.807) is 0 Å². The lowest BCUT2D eigenvalue weighted by Gasteiger charge is -2.32. The summed E-state index contributed by atoms with van der Waals surface area (Å²) in [4.78, 5) is 9.76. The second kappa shape index (κ2) is 9.84. The number of guanidine groups is 1. The van der Waals surface area contributed by atoms with Crippen molar-refractivity contribution in [3.05, 3.63) is 0 Å². The maximum atomic E-state index is 5.45. The van der Waals surface area contributed by atoms with Crippen LogP contribution in [-0.4, -0.2) is 74.3 Å². The molecule has 21 heavy (non-hydrogen) atoms. The Balaban J connectivity index is 0.00000220. The van der Waals surface area contributed by atoms with Crippen molar-refractivity contribution in [2.75, 3.05) is 52.5 Å². The fraction of sp³-hybridized carbons (Fsp3) is 0.933. The number of hydrogen-bond acceptors (Lipinski definition) is 3. The zero-order valence-corrected chi connectivity index (χ0v) is 16.0. The molecule has 1 N–H and O–H groups in total. The van der Waals surface area contributed by atoms with Crippen molar-refractivity contribution in [3.8, 4) is 0 Å². The first-order valence-electron chi connectivity index (χ1n) is 8.05. The summed E-state index contributed by atoms with van der Waals surface area (Å²) in [5, 5.41) is 3.44. The Morgan fingerprint density at radius 1 is 1.29 bits per heavy atom. The Hall–Kier alpha value is -0.0800. The fourth-order valence-electron chi connectivity index (χ4n) is 2.87. The average Bonchev–Trinajstić information content (AvgIpc) is 2.94. The number of ether oxygens (including phenoxy) is 1. The topological polar surface area (TPSA) is 40.1 Å². The van der Waals surface area contributed by atoms with Gasteiger partial charge in [0.2, 0.25) is 0 Å². The molecule has 0 bridgehead atoms. The lowest BCUT2D eigenvalue weighted by molar-refractivity contribution is 0.0195. The third-order valence-corrected chi connectivity index (χ3v) is 3.97. The highest BCUT2D eigenvalue weighted by Crippen LogP contribution is 2.17. The fourth-order valence-corrected chi connectivity index (χ4v) is 2.87. The normalized spacial score (nSPS) is 24.3. The van der Waals surface area contributed by atoms with E-state index in [-0.39, 0.29) is 24.0 Å². The zero-order valence-electron chi connectivity index (χ0n) is 13.7. The van der Waals surface area contributed by atoms with Crippen molar-refractivity contribution < 1.29 is 4.74 Å². The lowest BCUT2D eigenvalue weighted by Crippen LogP contribution is -2.46. The number of hydrogen-bond donors (Lipinski definition) is 1. The molecule has 2 heterocycles. The molecule has 2 aliphatic rings. The SMILES string of the molecule is CCNC(=NCC(C)C)N1CCC(N2CCOCC2)C1.I. The first kappa shape index (κ1) is 19.0. The third kappa shape index (κ3) is 5.90. The summed E-state index contributed by atoms with van der Waals surface area (Å²) in [6, 6.07) is 0.668. The number of likely N-dealkylation sites (tertiary alicyclic amines) is 1. The molecule has 0 aliphatic carbocycles. The van der Waals surface area contributed by atoms with Gasteiger partial charge in [-0.2, -0.15) is 0 Å². The van der Waals surface area contributed by atoms with Gasteiger partial charge >= 0.3 is 0 Å². The molecule has 0 saturated carbocycles. The van der Waals surface area contributed by atoms with Gasteiger partial charge in [0.25, 0.3) is 0 Å². The van der Waals surface area contributed by atoms with Crippen LogP contribution < -0.4 is 5.32 Å². The van der Waals surface area contributed by atoms with Gasteiger partial charge in [-0.05, 0) is 19.3 Å². The van der Waals surface area contributed by atoms with Crippen molar-refractivity contribution >= 4 is 29.9 Å². The molecule has 5 nitrogen and oxygen atoms in total. The van der Waals surface area contributed by atoms with Crippen LogP contribution in [-0.2, 0) is 4.74 Å². The average molecular weight is 410 g/mol. The van der Waals surface area contributed by atoms with E-state index in [9.17, 15) is 0 Å². The van der Waals surface area contributed by atoms with Crippen LogP contribution in [0.1, 0.15) is 27.2 Å². The van der Waals surface area contributed by atoms with Crippen LogP contribution in [0, 0.1) is 5.92 Å². The van der Waals surface area contributed by atoms with E-state index in [1.807, 2.05) is 0 Å². The minimum absolute atomic E-state index is 0. The van der Waals surface area contributed by atoms with Gasteiger partial charge in [-0.15, -0.1) is 24.0 Å². The standard InChI is InChI=1S/C15H30N4O.HI/c1-4-16-15(17-11-13(2)3)19-6-5-14(12-19)18-7-9-20-10-8-18;/h13-14H,4-12H2,1-3H3,(H,16,17);1H. The third-order valence-electron chi connectivity index (χ3n) is 3.97. The van der Waals surface area contributed by atoms with Crippen LogP contribution >= 0.6 is 24.0 Å². The smallest absolute Gasteiger partial charge is 0.193 e. The molecule has 0 aromatic heterocycles. The molecule has 0 aromatic carbocycles. The largest absolute Gasteiger partial charge is 0.379 e. The predicted molar refractivity (Wildman–Crippen MR) is 98.6 cm³/mol. The molecule has 1 unspecified atom stereocenters. The van der Waals surface area contributed by atoms with Crippen molar-refractivity contribution in [2.45, 2.75) is 33.2 Å². The number of morpholine rings is 1. The summed E-state index contributed by atoms with van der Waals surface area (Å²) < 4.78 is 5.45. The number of rotatable bonds is 4. The van der Waals surface area contributed by atoms with Gasteiger partial charge in [0.15, 0.2) is 5.96 Å². The monoisotopic (exact) mass is 410 g/mol. The summed E-state index contributed by atoms with van der Waals surface area (Å²) in [5.74, 6) is 1.71. The van der Waals surface area contributed by atoms with Gasteiger partial charge in [-0.25, -0.2) is 0 Å². The Morgan fingerprint density at radius 3 is 2.62 bits per heavy atom. The number of aliphatic imine (C=N–C) groups is 1. The summed E-state index contributed by atoms with van der Waals surface area (Å²) in [5.41, 5.74) is 0. The molecule has 0 radical (unpaired) electrons. The van der Waals surface area contributed by atoms with E-state index < -0.39 is 0 Å². The van der Waals surface area contributed by atoms with Gasteiger partial charge in [-0.3, -0.25) is 9.89 Å². The summed E-state index contributed by atoms with van der Waals surface area (Å²) in [6.07, 6.45) is 1.24. The predicted octanol–water partition coefficient (Wildman–Crippen LogP) is 1.63. The van der Waals surface area contributed by atoms with E-state index in [2.05, 4.69) is 35.9 Å². The van der Waals surface area contributed by atoms with E-state index in [1.165, 1.54) is 6.42 Å². The number of nitrogens with one attached hydrogen (secondary N) is 1. The van der Waals surface area contributed by atoms with Crippen LogP contribution in [0.25, 0.3) is 0 Å². The van der Waals surface area contributed by atoms with Crippen LogP contribution in [0.3, 0.4) is 0 Å². The highest BCUT2D eigenvalue weighted by molar-refractivity contribution is 14.0. The quantitative estimate of drug-likeness (QED) is 0.435. The van der Waals surface area contributed by atoms with Crippen molar-refractivity contribution in [1.82, 2.24) is 15.1 Å². The molecule has 2 saturated heterocycles. The second-order valence-electron chi connectivity index (χ2n) is 6.13. The van der Waals surface area contributed by atoms with Crippen LogP contribution in [0.15, 0.2) is 4.99 Å². The van der Waals surface area contributed by atoms with Crippen molar-refractivity contribution in [1.29, 1.82) is 0 Å². The number of halogens is 1. The van der Waals surface area contributed by atoms with Gasteiger partial charge in [-0.1, -0.05) is 13.8 Å². The molecule has 2 aliphatic heterocycles. The van der Waals surface area contributed by atoms with E-state index >= 15 is 0 Å². The molecule has 1 atom stereocenters. The first-order chi connectivity index (χ1) is 9.70. The maximum absolute atomic E-state index is 5.45. The highest BCUT2D eigenvalue weighted by Gasteiger charge is 2.30. The Kier molecular flexibility index (Phi) is 8.89. The molecular formula is C15H31IN4O. The molecule has 0 spiro atoms. The van der Waals surface area contributed by atoms with Gasteiger partial charge < -0.3 is 15.0 Å². The molecule has 0 aromatic rings. The van der Waals surface area contributed by atoms with Crippen molar-refractivity contribution in [3.63, 3.8) is 0 Å². The van der Waals surface area contributed by atoms with Crippen LogP contribution in [0.4, 0.5) is 0 Å². The molecular weight excluding hydrogens is 379 g/mol. The Labute approximate surface area is 146 Å². The van der Waals surface area contributed by atoms with Gasteiger partial charge in [0.05, 0.1) is 13.2 Å². The minimum Gasteiger partial charge on any atom is -0.379 e. The Morgan fingerprint density at radius 2 is 2.00 bits per heavy atom. The summed E-state index contributed by atoms with van der Waals surface area (Å²) >= 11 is 0. The zero-order chi connectivity index (χ0) is 14.4. The van der Waals surface area contributed by atoms with Crippen molar-refractivity contribution in [2.24, 2.45) is 10.9 Å². The summed E-state index contributed by atoms with van der Waals surface area (Å²) in [7, 11) is 0. The highest BCUT2D eigenvalue weighted by atomic mass is 127. The number of nitrogens with zero attached hydrogens (tertiary/aromatic N) is 3. The van der Waals surface area contributed by atoms with E-state index in [0.717, 1.165) is 58.4 Å². The minimum atomic E-state index is 0. The molecule has 2 fully saturated rings. The first-order valence-corrected chi connectivity index (χ1v) is 8.05. The maximum Gasteiger partial charge on any atom is 0.193 e. The van der Waals surface area contributed by atoms with Gasteiger partial charge in [0, 0.05) is 45.3 Å². The molecule has 2 rings (SSSR count). The van der Waals surface area contributed by atoms with Crippen LogP contribution in [0.2, 0.25) is 0 Å². The molecule has 0 amide bonds. The van der Waals surface area contributed by atoms with Crippen LogP contribution in [0.5, 0.6) is 0 Å². The Bertz CT molecular complexity index is 319. The summed E-state index contributed by atoms with van der Waals surface area (Å²) in [6.45, 7) is 14.6. The van der Waals surface area contributed by atoms with E-state index in [0.29, 0.717) is 12.0 Å². The molecule has 6 heteroatoms. The second-order valence-corrected chi connectivity index (χ2v) is 6.13.